The molecule has 2 saturated carbocycles. The zero-order chi connectivity index (χ0) is 16.9. The zero-order valence-electron chi connectivity index (χ0n) is 13.1. The molecule has 23 heavy (non-hydrogen) atoms. The first kappa shape index (κ1) is 19.8. The standard InChI is InChI=1S/C14H25Cl3N3O2P/c15-14(16,17)13(21)20-23(22,18-11-7-3-1-4-8-11)19-12-9-5-2-6-10-12/h11-12H,1-10H2,(H3,18,19,20,21,22). The highest BCUT2D eigenvalue weighted by atomic mass is 35.6. The van der Waals surface area contributed by atoms with Crippen molar-refractivity contribution in [1.29, 1.82) is 0 Å². The monoisotopic (exact) mass is 403 g/mol. The van der Waals surface area contributed by atoms with Crippen LogP contribution in [0.5, 0.6) is 0 Å². The topological polar surface area (TPSA) is 70.2 Å². The minimum absolute atomic E-state index is 0.112. The lowest BCUT2D eigenvalue weighted by Gasteiger charge is -2.33. The first-order chi connectivity index (χ1) is 10.8. The number of hydrogen-bond donors (Lipinski definition) is 3. The Bertz CT molecular complexity index is 423. The summed E-state index contributed by atoms with van der Waals surface area (Å²) in [6.07, 6.45) is 10.6. The van der Waals surface area contributed by atoms with Crippen LogP contribution in [0.15, 0.2) is 0 Å². The molecule has 0 aromatic carbocycles. The van der Waals surface area contributed by atoms with Gasteiger partial charge in [-0.05, 0) is 25.7 Å². The van der Waals surface area contributed by atoms with Gasteiger partial charge in [0.25, 0.3) is 9.70 Å². The summed E-state index contributed by atoms with van der Waals surface area (Å²) in [5.41, 5.74) is 0. The summed E-state index contributed by atoms with van der Waals surface area (Å²) in [7, 11) is -3.36. The lowest BCUT2D eigenvalue weighted by molar-refractivity contribution is -0.118. The molecule has 2 fully saturated rings. The second kappa shape index (κ2) is 8.73. The average molecular weight is 405 g/mol. The van der Waals surface area contributed by atoms with Crippen molar-refractivity contribution in [3.8, 4) is 0 Å². The maximum Gasteiger partial charge on any atom is 0.306 e. The van der Waals surface area contributed by atoms with Crippen LogP contribution in [0.3, 0.4) is 0 Å². The van der Waals surface area contributed by atoms with Crippen molar-refractivity contribution < 1.29 is 9.36 Å². The molecule has 9 heteroatoms. The van der Waals surface area contributed by atoms with Gasteiger partial charge in [0.05, 0.1) is 0 Å². The molecular formula is C14H25Cl3N3O2P. The van der Waals surface area contributed by atoms with Crippen LogP contribution in [0.1, 0.15) is 64.2 Å². The number of carbonyl (C=O) groups is 1. The molecule has 0 heterocycles. The van der Waals surface area contributed by atoms with E-state index in [1.807, 2.05) is 0 Å². The molecule has 0 radical (unpaired) electrons. The van der Waals surface area contributed by atoms with Gasteiger partial charge in [0, 0.05) is 12.1 Å². The normalized spacial score (nSPS) is 22.0. The Hall–Kier alpha value is 0.490. The smallest absolute Gasteiger partial charge is 0.279 e. The second-order valence-electron chi connectivity index (χ2n) is 6.48. The van der Waals surface area contributed by atoms with E-state index in [2.05, 4.69) is 15.3 Å². The Morgan fingerprint density at radius 3 is 1.57 bits per heavy atom. The Balaban J connectivity index is 2.04. The average Bonchev–Trinajstić information content (AvgIpc) is 2.47. The van der Waals surface area contributed by atoms with E-state index >= 15 is 0 Å². The highest BCUT2D eigenvalue weighted by Gasteiger charge is 2.38. The highest BCUT2D eigenvalue weighted by Crippen LogP contribution is 2.39. The molecule has 0 saturated heterocycles. The van der Waals surface area contributed by atoms with Crippen molar-refractivity contribution in [1.82, 2.24) is 15.3 Å². The second-order valence-corrected chi connectivity index (χ2v) is 10.7. The quantitative estimate of drug-likeness (QED) is 0.468. The Morgan fingerprint density at radius 1 is 0.826 bits per heavy atom. The van der Waals surface area contributed by atoms with Crippen LogP contribution >= 0.6 is 42.4 Å². The van der Waals surface area contributed by atoms with E-state index in [1.54, 1.807) is 0 Å². The molecule has 0 aliphatic heterocycles. The largest absolute Gasteiger partial charge is 0.306 e. The fourth-order valence-corrected chi connectivity index (χ4v) is 5.83. The van der Waals surface area contributed by atoms with E-state index < -0.39 is 17.3 Å². The molecule has 134 valence electrons. The van der Waals surface area contributed by atoms with Gasteiger partial charge in [-0.15, -0.1) is 0 Å². The Labute approximate surface area is 153 Å². The molecule has 3 N–H and O–H groups in total. The number of halogens is 3. The third kappa shape index (κ3) is 6.72. The van der Waals surface area contributed by atoms with Gasteiger partial charge in [0.2, 0.25) is 0 Å². The van der Waals surface area contributed by atoms with Gasteiger partial charge >= 0.3 is 7.59 Å². The van der Waals surface area contributed by atoms with Crippen LogP contribution in [0, 0.1) is 0 Å². The minimum atomic E-state index is -3.36. The SMILES string of the molecule is O=C(NP(=O)(NC1CCCCC1)NC1CCCCC1)C(Cl)(Cl)Cl. The molecule has 0 unspecified atom stereocenters. The molecule has 5 nitrogen and oxygen atoms in total. The Morgan fingerprint density at radius 2 is 1.22 bits per heavy atom. The van der Waals surface area contributed by atoms with Gasteiger partial charge in [-0.25, -0.2) is 10.2 Å². The van der Waals surface area contributed by atoms with Crippen LogP contribution in [0.25, 0.3) is 0 Å². The summed E-state index contributed by atoms with van der Waals surface area (Å²) in [6, 6.07) is 0.225. The molecule has 1 amide bonds. The van der Waals surface area contributed by atoms with E-state index in [-0.39, 0.29) is 12.1 Å². The van der Waals surface area contributed by atoms with Crippen LogP contribution in [0.4, 0.5) is 0 Å². The fraction of sp³-hybridized carbons (Fsp3) is 0.929. The molecule has 0 atom stereocenters. The van der Waals surface area contributed by atoms with E-state index in [0.717, 1.165) is 51.4 Å². The van der Waals surface area contributed by atoms with Crippen molar-refractivity contribution in [2.24, 2.45) is 0 Å². The molecule has 2 aliphatic carbocycles. The summed E-state index contributed by atoms with van der Waals surface area (Å²) >= 11 is 16.9. The number of nitrogens with one attached hydrogen (secondary N) is 3. The zero-order valence-corrected chi connectivity index (χ0v) is 16.3. The summed E-state index contributed by atoms with van der Waals surface area (Å²) in [5, 5.41) is 8.66. The molecule has 0 spiro atoms. The predicted octanol–water partition coefficient (Wildman–Crippen LogP) is 4.43. The van der Waals surface area contributed by atoms with E-state index in [1.165, 1.54) is 12.8 Å². The van der Waals surface area contributed by atoms with Gasteiger partial charge in [-0.2, -0.15) is 0 Å². The number of hydrogen-bond acceptors (Lipinski definition) is 2. The van der Waals surface area contributed by atoms with Crippen LogP contribution in [-0.2, 0) is 9.36 Å². The van der Waals surface area contributed by atoms with E-state index in [0.29, 0.717) is 0 Å². The third-order valence-corrected chi connectivity index (χ3v) is 6.95. The number of carbonyl (C=O) groups excluding carboxylic acids is 1. The number of rotatable bonds is 5. The number of alkyl halides is 3. The van der Waals surface area contributed by atoms with Gasteiger partial charge in [0.1, 0.15) is 0 Å². The lowest BCUT2D eigenvalue weighted by atomic mass is 9.96. The van der Waals surface area contributed by atoms with Crippen molar-refractivity contribution in [3.63, 3.8) is 0 Å². The van der Waals surface area contributed by atoms with Crippen LogP contribution in [-0.4, -0.2) is 21.8 Å². The van der Waals surface area contributed by atoms with Crippen molar-refractivity contribution in [2.75, 3.05) is 0 Å². The van der Waals surface area contributed by atoms with Gasteiger partial charge in [-0.1, -0.05) is 73.3 Å². The van der Waals surface area contributed by atoms with Crippen molar-refractivity contribution in [3.05, 3.63) is 0 Å². The van der Waals surface area contributed by atoms with E-state index in [9.17, 15) is 9.36 Å². The molecule has 0 bridgehead atoms. The van der Waals surface area contributed by atoms with Crippen LogP contribution in [0.2, 0.25) is 0 Å². The van der Waals surface area contributed by atoms with Crippen molar-refractivity contribution in [2.45, 2.75) is 80.1 Å². The lowest BCUT2D eigenvalue weighted by Crippen LogP contribution is -2.46. The first-order valence-corrected chi connectivity index (χ1v) is 11.2. The van der Waals surface area contributed by atoms with E-state index in [4.69, 9.17) is 34.8 Å². The van der Waals surface area contributed by atoms with Gasteiger partial charge in [0.15, 0.2) is 0 Å². The van der Waals surface area contributed by atoms with Crippen LogP contribution < -0.4 is 15.3 Å². The predicted molar refractivity (Wildman–Crippen MR) is 96.1 cm³/mol. The Kier molecular flexibility index (Phi) is 7.52. The maximum atomic E-state index is 13.3. The number of amides is 1. The molecule has 2 rings (SSSR count). The van der Waals surface area contributed by atoms with Crippen molar-refractivity contribution >= 4 is 48.3 Å². The van der Waals surface area contributed by atoms with Gasteiger partial charge < -0.3 is 0 Å². The molecule has 0 aromatic rings. The summed E-state index contributed by atoms with van der Waals surface area (Å²) < 4.78 is 11.1. The first-order valence-electron chi connectivity index (χ1n) is 8.33. The molecule has 2 aliphatic rings. The maximum absolute atomic E-state index is 13.3. The molecule has 0 aromatic heterocycles. The summed E-state index contributed by atoms with van der Waals surface area (Å²) in [6.45, 7) is 0. The summed E-state index contributed by atoms with van der Waals surface area (Å²) in [5.74, 6) is -0.863. The fourth-order valence-electron chi connectivity index (χ4n) is 3.29. The third-order valence-electron chi connectivity index (χ3n) is 4.46. The highest BCUT2D eigenvalue weighted by molar-refractivity contribution is 7.58. The molecular weight excluding hydrogens is 380 g/mol. The van der Waals surface area contributed by atoms with Gasteiger partial charge in [-0.3, -0.25) is 14.4 Å². The summed E-state index contributed by atoms with van der Waals surface area (Å²) in [4.78, 5) is 12.0. The minimum Gasteiger partial charge on any atom is -0.279 e.